The maximum Gasteiger partial charge on any atom is 0.252 e. The molecule has 3 rings (SSSR count). The molecule has 30 heavy (non-hydrogen) atoms. The first-order chi connectivity index (χ1) is 14.4. The van der Waals surface area contributed by atoms with E-state index in [1.54, 1.807) is 31.3 Å². The molecule has 0 fully saturated rings. The van der Waals surface area contributed by atoms with Gasteiger partial charge in [-0.1, -0.05) is 29.3 Å². The van der Waals surface area contributed by atoms with E-state index in [9.17, 15) is 4.79 Å². The first-order valence-electron chi connectivity index (χ1n) is 9.15. The molecule has 9 heteroatoms. The summed E-state index contributed by atoms with van der Waals surface area (Å²) in [6.45, 7) is 4.43. The highest BCUT2D eigenvalue weighted by molar-refractivity contribution is 6.42. The van der Waals surface area contributed by atoms with Gasteiger partial charge in [0.2, 0.25) is 5.95 Å². The first kappa shape index (κ1) is 21.7. The van der Waals surface area contributed by atoms with E-state index in [1.807, 2.05) is 25.1 Å². The van der Waals surface area contributed by atoms with E-state index in [1.165, 1.54) is 6.07 Å². The second-order valence-corrected chi connectivity index (χ2v) is 7.10. The summed E-state index contributed by atoms with van der Waals surface area (Å²) in [7, 11) is 0. The second kappa shape index (κ2) is 10.1. The molecule has 156 valence electrons. The predicted molar refractivity (Wildman–Crippen MR) is 119 cm³/mol. The van der Waals surface area contributed by atoms with E-state index in [0.717, 1.165) is 11.1 Å². The number of aromatic nitrogens is 2. The van der Waals surface area contributed by atoms with Crippen LogP contribution >= 0.6 is 23.2 Å². The number of hydrogen-bond acceptors (Lipinski definition) is 6. The standard InChI is InChI=1S/C21H20Cl2N4O3/c1-3-29-19-10-14(11-24-27-21-25-13(2)8-20(28)26-21)5-7-18(19)30-12-15-4-6-16(22)17(23)9-15/h4-11H,3,12H2,1-2H3,(H2,25,26,27,28)/b24-11-. The minimum atomic E-state index is -0.248. The molecule has 1 aromatic heterocycles. The Hall–Kier alpha value is -3.03. The number of halogens is 2. The average Bonchev–Trinajstić information content (AvgIpc) is 2.69. The van der Waals surface area contributed by atoms with E-state index in [4.69, 9.17) is 32.7 Å². The van der Waals surface area contributed by atoms with Crippen molar-refractivity contribution in [3.63, 3.8) is 0 Å². The molecule has 2 N–H and O–H groups in total. The summed E-state index contributed by atoms with van der Waals surface area (Å²) in [5.74, 6) is 1.45. The van der Waals surface area contributed by atoms with Crippen molar-refractivity contribution in [1.29, 1.82) is 0 Å². The van der Waals surface area contributed by atoms with Gasteiger partial charge >= 0.3 is 0 Å². The van der Waals surface area contributed by atoms with E-state index >= 15 is 0 Å². The average molecular weight is 447 g/mol. The summed E-state index contributed by atoms with van der Waals surface area (Å²) in [5.41, 5.74) is 4.72. The van der Waals surface area contributed by atoms with Crippen LogP contribution < -0.4 is 20.5 Å². The van der Waals surface area contributed by atoms with Crippen LogP contribution in [0.5, 0.6) is 11.5 Å². The number of hydrazone groups is 1. The lowest BCUT2D eigenvalue weighted by Crippen LogP contribution is -2.10. The minimum absolute atomic E-state index is 0.248. The predicted octanol–water partition coefficient (Wildman–Crippen LogP) is 4.81. The van der Waals surface area contributed by atoms with E-state index in [-0.39, 0.29) is 11.5 Å². The zero-order valence-corrected chi connectivity index (χ0v) is 17.9. The monoisotopic (exact) mass is 446 g/mol. The third-order valence-corrected chi connectivity index (χ3v) is 4.64. The lowest BCUT2D eigenvalue weighted by atomic mass is 10.2. The molecule has 0 aliphatic rings. The minimum Gasteiger partial charge on any atom is -0.490 e. The molecular weight excluding hydrogens is 427 g/mol. The van der Waals surface area contributed by atoms with Crippen molar-refractivity contribution in [3.05, 3.63) is 79.7 Å². The van der Waals surface area contributed by atoms with Gasteiger partial charge in [0.1, 0.15) is 6.61 Å². The van der Waals surface area contributed by atoms with Crippen LogP contribution in [0.15, 0.2) is 52.4 Å². The Morgan fingerprint density at radius 1 is 1.10 bits per heavy atom. The molecule has 0 atom stereocenters. The summed E-state index contributed by atoms with van der Waals surface area (Å²) in [4.78, 5) is 18.2. The summed E-state index contributed by atoms with van der Waals surface area (Å²) >= 11 is 12.0. The van der Waals surface area contributed by atoms with Gasteiger partial charge in [-0.15, -0.1) is 0 Å². The Kier molecular flexibility index (Phi) is 7.32. The van der Waals surface area contributed by atoms with Gasteiger partial charge in [-0.3, -0.25) is 9.78 Å². The molecular formula is C21H20Cl2N4O3. The molecule has 0 saturated carbocycles. The van der Waals surface area contributed by atoms with Crippen LogP contribution in [0, 0.1) is 6.92 Å². The first-order valence-corrected chi connectivity index (χ1v) is 9.91. The van der Waals surface area contributed by atoms with Crippen LogP contribution in [-0.4, -0.2) is 22.8 Å². The van der Waals surface area contributed by atoms with E-state index < -0.39 is 0 Å². The molecule has 7 nitrogen and oxygen atoms in total. The smallest absolute Gasteiger partial charge is 0.252 e. The fourth-order valence-electron chi connectivity index (χ4n) is 2.58. The van der Waals surface area contributed by atoms with Crippen molar-refractivity contribution in [2.45, 2.75) is 20.5 Å². The fourth-order valence-corrected chi connectivity index (χ4v) is 2.90. The Labute approximate surface area is 183 Å². The van der Waals surface area contributed by atoms with E-state index in [0.29, 0.717) is 40.5 Å². The number of rotatable bonds is 8. The number of H-pyrrole nitrogens is 1. The number of nitrogens with one attached hydrogen (secondary N) is 2. The van der Waals surface area contributed by atoms with Crippen LogP contribution in [-0.2, 0) is 6.61 Å². The molecule has 0 bridgehead atoms. The number of anilines is 1. The molecule has 3 aromatic rings. The SMILES string of the molecule is CCOc1cc(/C=N\Nc2nc(C)cc(=O)[nH]2)ccc1OCc1ccc(Cl)c(Cl)c1. The van der Waals surface area contributed by atoms with Crippen LogP contribution in [0.3, 0.4) is 0 Å². The van der Waals surface area contributed by atoms with Gasteiger partial charge in [-0.05, 0) is 55.3 Å². The zero-order valence-electron chi connectivity index (χ0n) is 16.4. The number of hydrogen-bond donors (Lipinski definition) is 2. The number of nitrogens with zero attached hydrogens (tertiary/aromatic N) is 2. The third-order valence-electron chi connectivity index (χ3n) is 3.90. The van der Waals surface area contributed by atoms with Gasteiger partial charge in [0.15, 0.2) is 11.5 Å². The number of aromatic amines is 1. The molecule has 0 spiro atoms. The highest BCUT2D eigenvalue weighted by atomic mass is 35.5. The van der Waals surface area contributed by atoms with Crippen LogP contribution in [0.25, 0.3) is 0 Å². The lowest BCUT2D eigenvalue weighted by Gasteiger charge is -2.13. The van der Waals surface area contributed by atoms with Gasteiger partial charge in [0.05, 0.1) is 22.9 Å². The topological polar surface area (TPSA) is 88.6 Å². The maximum absolute atomic E-state index is 11.5. The summed E-state index contributed by atoms with van der Waals surface area (Å²) in [6.07, 6.45) is 1.59. The number of ether oxygens (including phenoxy) is 2. The third kappa shape index (κ3) is 5.98. The van der Waals surface area contributed by atoms with Gasteiger partial charge < -0.3 is 9.47 Å². The van der Waals surface area contributed by atoms with Crippen molar-refractivity contribution in [2.24, 2.45) is 5.10 Å². The second-order valence-electron chi connectivity index (χ2n) is 6.28. The number of aryl methyl sites for hydroxylation is 1. The Bertz CT molecular complexity index is 1120. The lowest BCUT2D eigenvalue weighted by molar-refractivity contribution is 0.269. The normalized spacial score (nSPS) is 10.9. The summed E-state index contributed by atoms with van der Waals surface area (Å²) < 4.78 is 11.6. The Morgan fingerprint density at radius 3 is 2.67 bits per heavy atom. The Balaban J connectivity index is 1.70. The molecule has 1 heterocycles. The van der Waals surface area contributed by atoms with Crippen molar-refractivity contribution in [1.82, 2.24) is 9.97 Å². The summed E-state index contributed by atoms with van der Waals surface area (Å²) in [5, 5.41) is 5.08. The van der Waals surface area contributed by atoms with Gasteiger partial charge in [0, 0.05) is 11.8 Å². The van der Waals surface area contributed by atoms with E-state index in [2.05, 4.69) is 20.5 Å². The molecule has 0 saturated heterocycles. The van der Waals surface area contributed by atoms with Gasteiger partial charge in [0.25, 0.3) is 5.56 Å². The molecule has 2 aromatic carbocycles. The molecule has 0 radical (unpaired) electrons. The van der Waals surface area contributed by atoms with Crippen LogP contribution in [0.1, 0.15) is 23.7 Å². The highest BCUT2D eigenvalue weighted by Crippen LogP contribution is 2.30. The van der Waals surface area contributed by atoms with Gasteiger partial charge in [-0.2, -0.15) is 5.10 Å². The molecule has 0 amide bonds. The Morgan fingerprint density at radius 2 is 1.93 bits per heavy atom. The number of benzene rings is 2. The fraction of sp³-hybridized carbons (Fsp3) is 0.190. The van der Waals surface area contributed by atoms with Crippen molar-refractivity contribution < 1.29 is 9.47 Å². The molecule has 0 aliphatic carbocycles. The largest absolute Gasteiger partial charge is 0.490 e. The van der Waals surface area contributed by atoms with Crippen molar-refractivity contribution in [3.8, 4) is 11.5 Å². The van der Waals surface area contributed by atoms with Crippen LogP contribution in [0.4, 0.5) is 5.95 Å². The molecule has 0 unspecified atom stereocenters. The van der Waals surface area contributed by atoms with Crippen LogP contribution in [0.2, 0.25) is 10.0 Å². The summed E-state index contributed by atoms with van der Waals surface area (Å²) in [6, 6.07) is 12.2. The van der Waals surface area contributed by atoms with Gasteiger partial charge in [-0.25, -0.2) is 10.4 Å². The van der Waals surface area contributed by atoms with Crippen molar-refractivity contribution >= 4 is 35.4 Å². The quantitative estimate of drug-likeness (QED) is 0.382. The zero-order chi connectivity index (χ0) is 21.5. The highest BCUT2D eigenvalue weighted by Gasteiger charge is 2.08. The maximum atomic E-state index is 11.5. The molecule has 0 aliphatic heterocycles. The van der Waals surface area contributed by atoms with Crippen molar-refractivity contribution in [2.75, 3.05) is 12.0 Å².